The van der Waals surface area contributed by atoms with Gasteiger partial charge in [-0.25, -0.2) is 0 Å². The summed E-state index contributed by atoms with van der Waals surface area (Å²) in [7, 11) is 0. The van der Waals surface area contributed by atoms with Crippen LogP contribution in [-0.4, -0.2) is 10.8 Å². The van der Waals surface area contributed by atoms with Gasteiger partial charge in [-0.1, -0.05) is 25.8 Å². The van der Waals surface area contributed by atoms with Crippen LogP contribution in [0.25, 0.3) is 10.9 Å². The SMILES string of the molecule is CCc1ccc2[nH]cc(C(=O)C3CCCC3)c2c1. The van der Waals surface area contributed by atoms with E-state index in [0.717, 1.165) is 35.7 Å². The molecule has 18 heavy (non-hydrogen) atoms. The first-order valence-corrected chi connectivity index (χ1v) is 6.94. The third-order valence-electron chi connectivity index (χ3n) is 4.15. The first-order valence-electron chi connectivity index (χ1n) is 6.94. The van der Waals surface area contributed by atoms with Gasteiger partial charge in [0.05, 0.1) is 0 Å². The summed E-state index contributed by atoms with van der Waals surface area (Å²) in [6.45, 7) is 2.15. The molecule has 1 heterocycles. The Balaban J connectivity index is 2.02. The summed E-state index contributed by atoms with van der Waals surface area (Å²) in [5.74, 6) is 0.598. The fourth-order valence-corrected chi connectivity index (χ4v) is 3.00. The normalized spacial score (nSPS) is 16.5. The first-order chi connectivity index (χ1) is 8.79. The number of rotatable bonds is 3. The van der Waals surface area contributed by atoms with Gasteiger partial charge < -0.3 is 4.98 Å². The number of aromatic amines is 1. The summed E-state index contributed by atoms with van der Waals surface area (Å²) in [5, 5.41) is 1.10. The van der Waals surface area contributed by atoms with E-state index in [0.29, 0.717) is 5.78 Å². The summed E-state index contributed by atoms with van der Waals surface area (Å²) in [6, 6.07) is 6.37. The third kappa shape index (κ3) is 1.86. The van der Waals surface area contributed by atoms with Gasteiger partial charge in [0, 0.05) is 28.6 Å². The molecular formula is C16H19NO. The Hall–Kier alpha value is -1.57. The number of H-pyrrole nitrogens is 1. The van der Waals surface area contributed by atoms with Crippen LogP contribution in [-0.2, 0) is 6.42 Å². The number of carbonyl (C=O) groups excluding carboxylic acids is 1. The molecule has 1 aromatic heterocycles. The largest absolute Gasteiger partial charge is 0.360 e. The molecule has 1 aromatic carbocycles. The highest BCUT2D eigenvalue weighted by atomic mass is 16.1. The summed E-state index contributed by atoms with van der Waals surface area (Å²) in [4.78, 5) is 15.7. The Kier molecular flexibility index (Phi) is 2.94. The lowest BCUT2D eigenvalue weighted by molar-refractivity contribution is 0.0924. The molecule has 1 aliphatic rings. The second kappa shape index (κ2) is 4.60. The minimum atomic E-state index is 0.259. The highest BCUT2D eigenvalue weighted by Gasteiger charge is 2.25. The summed E-state index contributed by atoms with van der Waals surface area (Å²) in [5.41, 5.74) is 3.27. The van der Waals surface area contributed by atoms with Crippen LogP contribution >= 0.6 is 0 Å². The van der Waals surface area contributed by atoms with E-state index in [1.165, 1.54) is 18.4 Å². The predicted molar refractivity (Wildman–Crippen MR) is 74.0 cm³/mol. The van der Waals surface area contributed by atoms with E-state index in [9.17, 15) is 4.79 Å². The molecule has 0 spiro atoms. The van der Waals surface area contributed by atoms with E-state index in [-0.39, 0.29) is 5.92 Å². The van der Waals surface area contributed by atoms with Crippen LogP contribution in [0.1, 0.15) is 48.5 Å². The molecule has 0 saturated heterocycles. The maximum atomic E-state index is 12.5. The van der Waals surface area contributed by atoms with E-state index in [1.807, 2.05) is 6.20 Å². The molecule has 1 aliphatic carbocycles. The number of fused-ring (bicyclic) bond motifs is 1. The van der Waals surface area contributed by atoms with Crippen molar-refractivity contribution in [2.45, 2.75) is 39.0 Å². The van der Waals surface area contributed by atoms with Crippen LogP contribution in [0.2, 0.25) is 0 Å². The van der Waals surface area contributed by atoms with Crippen molar-refractivity contribution in [2.24, 2.45) is 5.92 Å². The highest BCUT2D eigenvalue weighted by molar-refractivity contribution is 6.09. The molecule has 2 heteroatoms. The molecule has 0 amide bonds. The number of aromatic nitrogens is 1. The van der Waals surface area contributed by atoms with Gasteiger partial charge in [-0.2, -0.15) is 0 Å². The van der Waals surface area contributed by atoms with Gasteiger partial charge >= 0.3 is 0 Å². The molecule has 0 unspecified atom stereocenters. The second-order valence-corrected chi connectivity index (χ2v) is 5.28. The quantitative estimate of drug-likeness (QED) is 0.806. The topological polar surface area (TPSA) is 32.9 Å². The van der Waals surface area contributed by atoms with Gasteiger partial charge in [0.15, 0.2) is 5.78 Å². The first kappa shape index (κ1) is 11.5. The number of ketones is 1. The molecule has 94 valence electrons. The number of hydrogen-bond acceptors (Lipinski definition) is 1. The zero-order valence-electron chi connectivity index (χ0n) is 10.8. The van der Waals surface area contributed by atoms with Crippen molar-refractivity contribution in [1.82, 2.24) is 4.98 Å². The second-order valence-electron chi connectivity index (χ2n) is 5.28. The van der Waals surface area contributed by atoms with E-state index < -0.39 is 0 Å². The molecule has 0 bridgehead atoms. The van der Waals surface area contributed by atoms with Crippen molar-refractivity contribution < 1.29 is 4.79 Å². The van der Waals surface area contributed by atoms with Crippen LogP contribution < -0.4 is 0 Å². The molecule has 1 fully saturated rings. The minimum Gasteiger partial charge on any atom is -0.360 e. The molecule has 0 aliphatic heterocycles. The number of benzene rings is 1. The number of nitrogens with one attached hydrogen (secondary N) is 1. The monoisotopic (exact) mass is 241 g/mol. The lowest BCUT2D eigenvalue weighted by Crippen LogP contribution is -2.10. The van der Waals surface area contributed by atoms with E-state index in [4.69, 9.17) is 0 Å². The van der Waals surface area contributed by atoms with Crippen molar-refractivity contribution in [3.05, 3.63) is 35.5 Å². The van der Waals surface area contributed by atoms with E-state index in [2.05, 4.69) is 30.1 Å². The van der Waals surface area contributed by atoms with Crippen molar-refractivity contribution in [1.29, 1.82) is 0 Å². The average Bonchev–Trinajstić information content (AvgIpc) is 3.06. The number of Topliss-reactive ketones (excluding diaryl/α,β-unsaturated/α-hetero) is 1. The molecule has 0 radical (unpaired) electrons. The average molecular weight is 241 g/mol. The van der Waals surface area contributed by atoms with E-state index in [1.54, 1.807) is 0 Å². The van der Waals surface area contributed by atoms with Crippen molar-refractivity contribution in [3.8, 4) is 0 Å². The van der Waals surface area contributed by atoms with Gasteiger partial charge in [-0.05, 0) is 37.0 Å². The fraction of sp³-hybridized carbons (Fsp3) is 0.438. The fourth-order valence-electron chi connectivity index (χ4n) is 3.00. The van der Waals surface area contributed by atoms with Crippen LogP contribution in [0.5, 0.6) is 0 Å². The number of aryl methyl sites for hydroxylation is 1. The maximum Gasteiger partial charge on any atom is 0.168 e. The zero-order chi connectivity index (χ0) is 12.5. The molecule has 2 nitrogen and oxygen atoms in total. The van der Waals surface area contributed by atoms with Gasteiger partial charge in [-0.15, -0.1) is 0 Å². The number of hydrogen-bond donors (Lipinski definition) is 1. The minimum absolute atomic E-state index is 0.259. The molecule has 1 N–H and O–H groups in total. The summed E-state index contributed by atoms with van der Waals surface area (Å²) < 4.78 is 0. The van der Waals surface area contributed by atoms with Gasteiger partial charge in [0.25, 0.3) is 0 Å². The van der Waals surface area contributed by atoms with Crippen LogP contribution in [0.15, 0.2) is 24.4 Å². The predicted octanol–water partition coefficient (Wildman–Crippen LogP) is 4.10. The van der Waals surface area contributed by atoms with Crippen molar-refractivity contribution >= 4 is 16.7 Å². The zero-order valence-corrected chi connectivity index (χ0v) is 10.8. The summed E-state index contributed by atoms with van der Waals surface area (Å²) in [6.07, 6.45) is 7.46. The van der Waals surface area contributed by atoms with E-state index >= 15 is 0 Å². The van der Waals surface area contributed by atoms with Gasteiger partial charge in [0.1, 0.15) is 0 Å². The number of carbonyl (C=O) groups is 1. The Labute approximate surface area is 107 Å². The standard InChI is InChI=1S/C16H19NO/c1-2-11-7-8-15-13(9-11)14(10-17-15)16(18)12-5-3-4-6-12/h7-10,12,17H,2-6H2,1H3. The smallest absolute Gasteiger partial charge is 0.168 e. The maximum absolute atomic E-state index is 12.5. The third-order valence-corrected chi connectivity index (χ3v) is 4.15. The summed E-state index contributed by atoms with van der Waals surface area (Å²) >= 11 is 0. The lowest BCUT2D eigenvalue weighted by Gasteiger charge is -2.06. The van der Waals surface area contributed by atoms with Crippen molar-refractivity contribution in [3.63, 3.8) is 0 Å². The van der Waals surface area contributed by atoms with Gasteiger partial charge in [-0.3, -0.25) is 4.79 Å². The Morgan fingerprint density at radius 1 is 1.33 bits per heavy atom. The molecule has 1 saturated carbocycles. The van der Waals surface area contributed by atoms with Crippen LogP contribution in [0.4, 0.5) is 0 Å². The van der Waals surface area contributed by atoms with Crippen LogP contribution in [0, 0.1) is 5.92 Å². The molecule has 0 atom stereocenters. The van der Waals surface area contributed by atoms with Gasteiger partial charge in [0.2, 0.25) is 0 Å². The van der Waals surface area contributed by atoms with Crippen LogP contribution in [0.3, 0.4) is 0 Å². The molecular weight excluding hydrogens is 222 g/mol. The lowest BCUT2D eigenvalue weighted by atomic mass is 9.95. The molecule has 3 rings (SSSR count). The Morgan fingerprint density at radius 3 is 2.83 bits per heavy atom. The highest BCUT2D eigenvalue weighted by Crippen LogP contribution is 2.30. The Bertz CT molecular complexity index is 576. The van der Waals surface area contributed by atoms with Crippen molar-refractivity contribution in [2.75, 3.05) is 0 Å². The molecule has 2 aromatic rings. The Morgan fingerprint density at radius 2 is 2.11 bits per heavy atom.